The first-order chi connectivity index (χ1) is 27.8. The van der Waals surface area contributed by atoms with Crippen molar-refractivity contribution in [2.45, 2.75) is 78.2 Å². The second-order valence-electron chi connectivity index (χ2n) is 16.2. The molecule has 1 aromatic heterocycles. The number of nitrogens with zero attached hydrogens (tertiary/aromatic N) is 3. The molecule has 3 aliphatic heterocycles. The van der Waals surface area contributed by atoms with E-state index >= 15 is 0 Å². The summed E-state index contributed by atoms with van der Waals surface area (Å²) in [6.07, 6.45) is 4.54. The van der Waals surface area contributed by atoms with Gasteiger partial charge in [-0.1, -0.05) is 32.0 Å². The van der Waals surface area contributed by atoms with Crippen molar-refractivity contribution in [1.82, 2.24) is 15.2 Å². The van der Waals surface area contributed by atoms with Gasteiger partial charge in [0.2, 0.25) is 23.6 Å². The number of nitrogens with one attached hydrogen (secondary N) is 2. The molecule has 8 rings (SSSR count). The molecule has 13 nitrogen and oxygen atoms in total. The lowest BCUT2D eigenvalue weighted by Crippen LogP contribution is -2.54. The maximum Gasteiger partial charge on any atom is 0.262 e. The predicted molar refractivity (Wildman–Crippen MR) is 217 cm³/mol. The number of hydrogen-bond acceptors (Lipinski definition) is 10. The van der Waals surface area contributed by atoms with Crippen LogP contribution in [-0.4, -0.2) is 71.1 Å². The highest BCUT2D eigenvalue weighted by Gasteiger charge is 2.45. The maximum atomic E-state index is 13.2. The Morgan fingerprint density at radius 2 is 1.64 bits per heavy atom. The molecule has 58 heavy (non-hydrogen) atoms. The van der Waals surface area contributed by atoms with Crippen LogP contribution < -0.4 is 25.0 Å². The zero-order chi connectivity index (χ0) is 40.7. The zero-order valence-electron chi connectivity index (χ0n) is 32.7. The fourth-order valence-electron chi connectivity index (χ4n) is 7.70. The van der Waals surface area contributed by atoms with Gasteiger partial charge in [0.15, 0.2) is 5.13 Å². The topological polar surface area (TPSA) is 164 Å². The van der Waals surface area contributed by atoms with Crippen LogP contribution >= 0.6 is 11.3 Å². The molecule has 4 heterocycles. The number of benzene rings is 3. The van der Waals surface area contributed by atoms with Crippen LogP contribution in [0.1, 0.15) is 89.1 Å². The third-order valence-electron chi connectivity index (χ3n) is 11.3. The zero-order valence-corrected chi connectivity index (χ0v) is 33.5. The summed E-state index contributed by atoms with van der Waals surface area (Å²) in [6, 6.07) is 17.3. The number of aromatic nitrogens is 1. The van der Waals surface area contributed by atoms with E-state index < -0.39 is 29.7 Å². The smallest absolute Gasteiger partial charge is 0.262 e. The molecular weight excluding hydrogens is 759 g/mol. The second-order valence-corrected chi connectivity index (χ2v) is 17.4. The Bertz CT molecular complexity index is 2350. The Kier molecular flexibility index (Phi) is 10.6. The standard InChI is InChI=1S/C44H45N5O8S/c1-25-38(29-9-12-34-28(23-29)15-18-48(34)40(53)27-7-8-27)47-43(58-25)46-37(51)22-26-5-4-6-30(21-26)56-19-16-44(2,3)17-20-57-31-10-11-32-33(24-31)42(55)49(41(32)54)35-13-14-36(50)45-39(35)52/h4-6,9-12,21,23-24,27,35H,7-8,13-20,22H2,1-3H3,(H,45,50,52)(H,46,47,51). The van der Waals surface area contributed by atoms with E-state index in [9.17, 15) is 28.8 Å². The minimum atomic E-state index is -1.02. The molecule has 1 saturated carbocycles. The van der Waals surface area contributed by atoms with Crippen LogP contribution in [-0.2, 0) is 32.0 Å². The number of aryl methyl sites for hydroxylation is 1. The third kappa shape index (κ3) is 8.24. The quantitative estimate of drug-likeness (QED) is 0.140. The van der Waals surface area contributed by atoms with Gasteiger partial charge >= 0.3 is 0 Å². The molecule has 4 aliphatic rings. The lowest BCUT2D eigenvalue weighted by Gasteiger charge is -2.27. The van der Waals surface area contributed by atoms with Crippen molar-refractivity contribution < 1.29 is 38.2 Å². The maximum absolute atomic E-state index is 13.2. The van der Waals surface area contributed by atoms with Gasteiger partial charge in [-0.2, -0.15) is 0 Å². The number of piperidine rings is 1. The van der Waals surface area contributed by atoms with Crippen molar-refractivity contribution in [3.05, 3.63) is 87.8 Å². The highest BCUT2D eigenvalue weighted by molar-refractivity contribution is 7.16. The van der Waals surface area contributed by atoms with Gasteiger partial charge in [0.05, 0.1) is 36.5 Å². The number of amides is 6. The molecule has 1 aliphatic carbocycles. The van der Waals surface area contributed by atoms with Crippen LogP contribution in [0.4, 0.5) is 10.8 Å². The molecule has 14 heteroatoms. The number of rotatable bonds is 14. The highest BCUT2D eigenvalue weighted by Crippen LogP contribution is 2.39. The number of carbonyl (C=O) groups excluding carboxylic acids is 6. The summed E-state index contributed by atoms with van der Waals surface area (Å²) in [5.74, 6) is -0.839. The van der Waals surface area contributed by atoms with Gasteiger partial charge in [-0.3, -0.25) is 39.0 Å². The molecular formula is C44H45N5O8S. The summed E-state index contributed by atoms with van der Waals surface area (Å²) < 4.78 is 12.1. The summed E-state index contributed by atoms with van der Waals surface area (Å²) >= 11 is 1.44. The van der Waals surface area contributed by atoms with Crippen LogP contribution in [0.3, 0.4) is 0 Å². The van der Waals surface area contributed by atoms with E-state index in [-0.39, 0.29) is 53.5 Å². The number of carbonyl (C=O) groups is 6. The molecule has 1 saturated heterocycles. The highest BCUT2D eigenvalue weighted by atomic mass is 32.1. The predicted octanol–water partition coefficient (Wildman–Crippen LogP) is 6.26. The Morgan fingerprint density at radius 3 is 2.38 bits per heavy atom. The van der Waals surface area contributed by atoms with Gasteiger partial charge in [-0.05, 0) is 104 Å². The third-order valence-corrected chi connectivity index (χ3v) is 12.1. The van der Waals surface area contributed by atoms with Crippen molar-refractivity contribution >= 4 is 57.6 Å². The van der Waals surface area contributed by atoms with Crippen LogP contribution in [0, 0.1) is 18.3 Å². The normalized spacial score (nSPS) is 17.6. The molecule has 1 atom stereocenters. The number of thiazole rings is 1. The molecule has 3 aromatic carbocycles. The van der Waals surface area contributed by atoms with E-state index in [4.69, 9.17) is 14.5 Å². The first kappa shape index (κ1) is 39.0. The molecule has 1 unspecified atom stereocenters. The molecule has 300 valence electrons. The van der Waals surface area contributed by atoms with Gasteiger partial charge in [0.25, 0.3) is 11.8 Å². The van der Waals surface area contributed by atoms with E-state index in [1.165, 1.54) is 23.5 Å². The Morgan fingerprint density at radius 1 is 0.897 bits per heavy atom. The summed E-state index contributed by atoms with van der Waals surface area (Å²) in [5.41, 5.74) is 5.00. The first-order valence-corrected chi connectivity index (χ1v) is 20.6. The molecule has 0 bridgehead atoms. The van der Waals surface area contributed by atoms with Crippen molar-refractivity contribution in [2.24, 2.45) is 11.3 Å². The Labute approximate surface area is 340 Å². The Hall–Kier alpha value is -5.89. The van der Waals surface area contributed by atoms with Crippen LogP contribution in [0.25, 0.3) is 11.3 Å². The van der Waals surface area contributed by atoms with Crippen LogP contribution in [0.2, 0.25) is 0 Å². The van der Waals surface area contributed by atoms with Crippen molar-refractivity contribution in [3.63, 3.8) is 0 Å². The molecule has 2 N–H and O–H groups in total. The largest absolute Gasteiger partial charge is 0.494 e. The summed E-state index contributed by atoms with van der Waals surface area (Å²) in [6.45, 7) is 7.77. The summed E-state index contributed by atoms with van der Waals surface area (Å²) in [7, 11) is 0. The van der Waals surface area contributed by atoms with E-state index in [1.807, 2.05) is 48.2 Å². The van der Waals surface area contributed by atoms with E-state index in [2.05, 4.69) is 30.5 Å². The van der Waals surface area contributed by atoms with Gasteiger partial charge in [-0.15, -0.1) is 11.3 Å². The fourth-order valence-corrected chi connectivity index (χ4v) is 8.55. The lowest BCUT2D eigenvalue weighted by atomic mass is 9.86. The fraction of sp³-hybridized carbons (Fsp3) is 0.386. The average molecular weight is 804 g/mol. The second kappa shape index (κ2) is 15.8. The van der Waals surface area contributed by atoms with Gasteiger partial charge in [0, 0.05) is 35.0 Å². The van der Waals surface area contributed by atoms with Crippen molar-refractivity contribution in [1.29, 1.82) is 0 Å². The van der Waals surface area contributed by atoms with E-state index in [1.54, 1.807) is 6.07 Å². The van der Waals surface area contributed by atoms with Gasteiger partial charge < -0.3 is 19.7 Å². The van der Waals surface area contributed by atoms with Crippen LogP contribution in [0.5, 0.6) is 11.5 Å². The monoisotopic (exact) mass is 803 g/mol. The Balaban J connectivity index is 0.791. The molecule has 0 spiro atoms. The number of hydrogen-bond donors (Lipinski definition) is 2. The number of imide groups is 2. The molecule has 6 amide bonds. The minimum Gasteiger partial charge on any atom is -0.494 e. The molecule has 0 radical (unpaired) electrons. The minimum absolute atomic E-state index is 0.0591. The average Bonchev–Trinajstić information content (AvgIpc) is 3.78. The van der Waals surface area contributed by atoms with Gasteiger partial charge in [0.1, 0.15) is 17.5 Å². The van der Waals surface area contributed by atoms with Crippen molar-refractivity contribution in [3.8, 4) is 22.8 Å². The van der Waals surface area contributed by atoms with Gasteiger partial charge in [-0.25, -0.2) is 4.98 Å². The number of fused-ring (bicyclic) bond motifs is 2. The molecule has 2 fully saturated rings. The van der Waals surface area contributed by atoms with E-state index in [0.29, 0.717) is 36.3 Å². The van der Waals surface area contributed by atoms with E-state index in [0.717, 1.165) is 70.1 Å². The molecule has 4 aromatic rings. The lowest BCUT2D eigenvalue weighted by molar-refractivity contribution is -0.136. The number of ether oxygens (including phenoxy) is 2. The summed E-state index contributed by atoms with van der Waals surface area (Å²) in [4.78, 5) is 84.5. The first-order valence-electron chi connectivity index (χ1n) is 19.8. The SMILES string of the molecule is Cc1sc(NC(=O)Cc2cccc(OCCC(C)(C)CCOc3ccc4c(c3)C(=O)N(C3CCC(=O)NC3=O)C4=O)c2)nc1-c1ccc2c(c1)CCN2C(=O)C1CC1. The number of anilines is 2. The van der Waals surface area contributed by atoms with Crippen molar-refractivity contribution in [2.75, 3.05) is 30.0 Å². The van der Waals surface area contributed by atoms with Crippen LogP contribution in [0.15, 0.2) is 60.7 Å². The summed E-state index contributed by atoms with van der Waals surface area (Å²) in [5, 5.41) is 5.71.